The molecule has 3 atom stereocenters. The maximum Gasteiger partial charge on any atom is 0.0323 e. The highest BCUT2D eigenvalue weighted by molar-refractivity contribution is 5.39. The van der Waals surface area contributed by atoms with Gasteiger partial charge in [-0.1, -0.05) is 24.3 Å². The van der Waals surface area contributed by atoms with Gasteiger partial charge in [-0.2, -0.15) is 0 Å². The Kier molecular flexibility index (Phi) is 2.46. The Morgan fingerprint density at radius 1 is 1.25 bits per heavy atom. The Labute approximate surface area is 97.3 Å². The summed E-state index contributed by atoms with van der Waals surface area (Å²) in [6, 6.07) is 9.38. The summed E-state index contributed by atoms with van der Waals surface area (Å²) < 4.78 is 0. The lowest BCUT2D eigenvalue weighted by molar-refractivity contribution is 0.639. The van der Waals surface area contributed by atoms with Crippen LogP contribution < -0.4 is 5.32 Å². The highest BCUT2D eigenvalue weighted by Gasteiger charge is 2.38. The average Bonchev–Trinajstić information content (AvgIpc) is 2.93. The van der Waals surface area contributed by atoms with Crippen molar-refractivity contribution in [2.75, 3.05) is 6.54 Å². The largest absolute Gasteiger partial charge is 0.310 e. The van der Waals surface area contributed by atoms with E-state index < -0.39 is 0 Å². The maximum atomic E-state index is 5.50. The van der Waals surface area contributed by atoms with Crippen molar-refractivity contribution in [2.45, 2.75) is 31.2 Å². The highest BCUT2D eigenvalue weighted by Crippen LogP contribution is 2.49. The van der Waals surface area contributed by atoms with E-state index in [4.69, 9.17) is 6.42 Å². The lowest BCUT2D eigenvalue weighted by atomic mass is 9.95. The van der Waals surface area contributed by atoms with Gasteiger partial charge in [0.05, 0.1) is 0 Å². The molecule has 0 aromatic heterocycles. The monoisotopic (exact) mass is 211 g/mol. The fraction of sp³-hybridized carbons (Fsp3) is 0.467. The van der Waals surface area contributed by atoms with Crippen LogP contribution in [-0.4, -0.2) is 6.54 Å². The predicted molar refractivity (Wildman–Crippen MR) is 66.1 cm³/mol. The molecule has 0 radical (unpaired) electrons. The fourth-order valence-electron chi connectivity index (χ4n) is 2.84. The number of nitrogens with one attached hydrogen (secondary N) is 1. The first kappa shape index (κ1) is 9.93. The van der Waals surface area contributed by atoms with Gasteiger partial charge in [-0.15, -0.1) is 12.3 Å². The Balaban J connectivity index is 1.90. The zero-order chi connectivity index (χ0) is 11.0. The molecular weight excluding hydrogens is 194 g/mol. The summed E-state index contributed by atoms with van der Waals surface area (Å²) in [6.45, 7) is 1.15. The summed E-state index contributed by atoms with van der Waals surface area (Å²) in [7, 11) is 0. The van der Waals surface area contributed by atoms with Crippen molar-refractivity contribution < 1.29 is 0 Å². The first-order valence-electron chi connectivity index (χ1n) is 6.18. The zero-order valence-electron chi connectivity index (χ0n) is 9.45. The second-order valence-corrected chi connectivity index (χ2v) is 4.89. The van der Waals surface area contributed by atoms with Gasteiger partial charge in [0, 0.05) is 12.0 Å². The van der Waals surface area contributed by atoms with E-state index in [0.29, 0.717) is 17.9 Å². The van der Waals surface area contributed by atoms with E-state index in [1.165, 1.54) is 30.4 Å². The molecule has 1 saturated heterocycles. The zero-order valence-corrected chi connectivity index (χ0v) is 9.45. The fourth-order valence-corrected chi connectivity index (χ4v) is 2.84. The van der Waals surface area contributed by atoms with Gasteiger partial charge < -0.3 is 5.32 Å². The van der Waals surface area contributed by atoms with Gasteiger partial charge in [0.15, 0.2) is 0 Å². The Morgan fingerprint density at radius 2 is 2.06 bits per heavy atom. The van der Waals surface area contributed by atoms with Crippen molar-refractivity contribution in [3.63, 3.8) is 0 Å². The molecule has 0 spiro atoms. The van der Waals surface area contributed by atoms with Crippen molar-refractivity contribution in [1.29, 1.82) is 0 Å². The lowest BCUT2D eigenvalue weighted by Crippen LogP contribution is -2.14. The molecule has 16 heavy (non-hydrogen) atoms. The maximum absolute atomic E-state index is 5.50. The third-order valence-corrected chi connectivity index (χ3v) is 3.84. The molecule has 82 valence electrons. The van der Waals surface area contributed by atoms with Crippen LogP contribution in [0, 0.1) is 18.3 Å². The molecule has 1 aliphatic carbocycles. The summed E-state index contributed by atoms with van der Waals surface area (Å²) in [4.78, 5) is 0. The van der Waals surface area contributed by atoms with E-state index in [1.807, 2.05) is 0 Å². The van der Waals surface area contributed by atoms with Crippen molar-refractivity contribution in [3.05, 3.63) is 35.4 Å². The molecule has 1 N–H and O–H groups in total. The van der Waals surface area contributed by atoms with Crippen LogP contribution >= 0.6 is 0 Å². The molecule has 0 bridgehead atoms. The second-order valence-electron chi connectivity index (χ2n) is 4.89. The topological polar surface area (TPSA) is 12.0 Å². The van der Waals surface area contributed by atoms with E-state index in [-0.39, 0.29) is 0 Å². The van der Waals surface area contributed by atoms with E-state index in [1.54, 1.807) is 0 Å². The van der Waals surface area contributed by atoms with Gasteiger partial charge in [-0.05, 0) is 42.9 Å². The quantitative estimate of drug-likeness (QED) is 0.742. The molecule has 3 rings (SSSR count). The van der Waals surface area contributed by atoms with Crippen molar-refractivity contribution in [3.8, 4) is 12.3 Å². The molecule has 0 amide bonds. The summed E-state index contributed by atoms with van der Waals surface area (Å²) in [6.07, 6.45) is 9.24. The Bertz CT molecular complexity index is 423. The number of hydrogen-bond acceptors (Lipinski definition) is 1. The van der Waals surface area contributed by atoms with Gasteiger partial charge in [0.1, 0.15) is 0 Å². The van der Waals surface area contributed by atoms with Crippen molar-refractivity contribution in [2.24, 2.45) is 5.92 Å². The van der Waals surface area contributed by atoms with Crippen LogP contribution in [0.25, 0.3) is 0 Å². The Hall–Kier alpha value is -1.26. The number of terminal acetylenes is 1. The summed E-state index contributed by atoms with van der Waals surface area (Å²) in [5, 5.41) is 3.58. The van der Waals surface area contributed by atoms with Gasteiger partial charge in [-0.25, -0.2) is 0 Å². The normalized spacial score (nSPS) is 32.3. The van der Waals surface area contributed by atoms with E-state index >= 15 is 0 Å². The molecule has 1 aromatic rings. The minimum atomic E-state index is 0.488. The molecule has 2 fully saturated rings. The molecule has 1 saturated carbocycles. The predicted octanol–water partition coefficient (Wildman–Crippen LogP) is 2.85. The number of benzene rings is 1. The number of rotatable bonds is 2. The lowest BCUT2D eigenvalue weighted by Gasteiger charge is -2.15. The minimum Gasteiger partial charge on any atom is -0.310 e. The third kappa shape index (κ3) is 1.64. The molecular formula is C15H17N. The summed E-state index contributed by atoms with van der Waals surface area (Å²) in [5.41, 5.74) is 2.98. The van der Waals surface area contributed by atoms with Gasteiger partial charge in [0.25, 0.3) is 0 Å². The third-order valence-electron chi connectivity index (χ3n) is 3.84. The molecule has 2 aliphatic rings. The van der Waals surface area contributed by atoms with Crippen LogP contribution in [0.5, 0.6) is 0 Å². The average molecular weight is 211 g/mol. The standard InChI is InChI=1S/C15H17N/c1-2-11-10-14(11)12-6-3-4-7-13(12)15-8-5-9-16-15/h1,3-4,6-7,11,14-16H,5,8-10H2. The minimum absolute atomic E-state index is 0.488. The van der Waals surface area contributed by atoms with E-state index in [9.17, 15) is 0 Å². The molecule has 1 heterocycles. The SMILES string of the molecule is C#CC1CC1c1ccccc1C1CCCN1. The van der Waals surface area contributed by atoms with E-state index in [2.05, 4.69) is 35.5 Å². The Morgan fingerprint density at radius 3 is 2.69 bits per heavy atom. The van der Waals surface area contributed by atoms with Crippen molar-refractivity contribution in [1.82, 2.24) is 5.32 Å². The summed E-state index contributed by atoms with van der Waals surface area (Å²) in [5.74, 6) is 4.00. The van der Waals surface area contributed by atoms with E-state index in [0.717, 1.165) is 6.54 Å². The van der Waals surface area contributed by atoms with Crippen LogP contribution in [0.4, 0.5) is 0 Å². The first-order chi connectivity index (χ1) is 7.90. The van der Waals surface area contributed by atoms with Crippen LogP contribution in [0.3, 0.4) is 0 Å². The van der Waals surface area contributed by atoms with Crippen LogP contribution in [0.15, 0.2) is 24.3 Å². The highest BCUT2D eigenvalue weighted by atomic mass is 14.9. The number of hydrogen-bond donors (Lipinski definition) is 1. The van der Waals surface area contributed by atoms with Crippen LogP contribution in [-0.2, 0) is 0 Å². The molecule has 3 unspecified atom stereocenters. The van der Waals surface area contributed by atoms with Crippen LogP contribution in [0.1, 0.15) is 42.3 Å². The van der Waals surface area contributed by atoms with Gasteiger partial charge in [0.2, 0.25) is 0 Å². The molecule has 1 aliphatic heterocycles. The molecule has 1 nitrogen and oxygen atoms in total. The van der Waals surface area contributed by atoms with Gasteiger partial charge in [-0.3, -0.25) is 0 Å². The first-order valence-corrected chi connectivity index (χ1v) is 6.18. The molecule has 1 heteroatoms. The van der Waals surface area contributed by atoms with Crippen molar-refractivity contribution >= 4 is 0 Å². The van der Waals surface area contributed by atoms with Crippen LogP contribution in [0.2, 0.25) is 0 Å². The smallest absolute Gasteiger partial charge is 0.0323 e. The summed E-state index contributed by atoms with van der Waals surface area (Å²) >= 11 is 0. The molecule has 1 aromatic carbocycles. The van der Waals surface area contributed by atoms with Gasteiger partial charge >= 0.3 is 0 Å². The second kappa shape index (κ2) is 3.96.